The van der Waals surface area contributed by atoms with E-state index in [2.05, 4.69) is 19.2 Å². The zero-order valence-corrected chi connectivity index (χ0v) is 18.5. The first-order valence-corrected chi connectivity index (χ1v) is 11.6. The molecular weight excluding hydrogens is 376 g/mol. The molecule has 2 rings (SSSR count). The van der Waals surface area contributed by atoms with E-state index in [1.54, 1.807) is 18.2 Å². The summed E-state index contributed by atoms with van der Waals surface area (Å²) in [5, 5.41) is 2.97. The molecule has 0 radical (unpaired) electrons. The van der Waals surface area contributed by atoms with Crippen molar-refractivity contribution in [2.45, 2.75) is 77.0 Å². The van der Waals surface area contributed by atoms with Gasteiger partial charge in [0.15, 0.2) is 0 Å². The third kappa shape index (κ3) is 6.29. The highest BCUT2D eigenvalue weighted by Crippen LogP contribution is 2.22. The Bertz CT molecular complexity index is 753. The Morgan fingerprint density at radius 2 is 1.82 bits per heavy atom. The average Bonchev–Trinajstić information content (AvgIpc) is 2.60. The van der Waals surface area contributed by atoms with Crippen molar-refractivity contribution in [3.8, 4) is 0 Å². The van der Waals surface area contributed by atoms with Gasteiger partial charge in [0, 0.05) is 24.7 Å². The normalized spacial score (nSPS) is 22.2. The summed E-state index contributed by atoms with van der Waals surface area (Å²) in [5.41, 5.74) is 0.367. The number of rotatable bonds is 8. The van der Waals surface area contributed by atoms with E-state index in [1.165, 1.54) is 10.4 Å². The van der Waals surface area contributed by atoms with Gasteiger partial charge in [0.25, 0.3) is 5.91 Å². The summed E-state index contributed by atoms with van der Waals surface area (Å²) in [6.07, 6.45) is 2.78. The van der Waals surface area contributed by atoms with E-state index in [0.717, 1.165) is 19.3 Å². The molecule has 1 saturated heterocycles. The van der Waals surface area contributed by atoms with Crippen LogP contribution in [-0.2, 0) is 14.8 Å². The van der Waals surface area contributed by atoms with E-state index in [9.17, 15) is 13.2 Å². The molecule has 1 amide bonds. The maximum absolute atomic E-state index is 13.0. The van der Waals surface area contributed by atoms with Crippen LogP contribution < -0.4 is 5.32 Å². The molecule has 1 aliphatic rings. The van der Waals surface area contributed by atoms with Gasteiger partial charge in [-0.25, -0.2) is 8.42 Å². The molecule has 28 heavy (non-hydrogen) atoms. The van der Waals surface area contributed by atoms with E-state index in [-0.39, 0.29) is 29.1 Å². The molecule has 0 aliphatic carbocycles. The molecule has 0 aromatic heterocycles. The topological polar surface area (TPSA) is 75.7 Å². The maximum Gasteiger partial charge on any atom is 0.251 e. The maximum atomic E-state index is 13.0. The minimum atomic E-state index is -3.66. The summed E-state index contributed by atoms with van der Waals surface area (Å²) in [5.74, 6) is 0.410. The lowest BCUT2D eigenvalue weighted by atomic mass is 10.0. The number of carbonyl (C=O) groups excluding carboxylic acids is 1. The standard InChI is InChI=1S/C21H34N2O4S/c1-15(2)8-6-9-16(3)22-21(24)19-10-7-11-20(12-19)28(25,26)23-13-17(4)27-18(5)14-23/h7,10-12,15-18H,6,8-9,13-14H2,1-5H3,(H,22,24)/t16-,17-,18+/m0/s1. The predicted molar refractivity (Wildman–Crippen MR) is 111 cm³/mol. The molecule has 0 bridgehead atoms. The third-order valence-corrected chi connectivity index (χ3v) is 6.74. The zero-order valence-electron chi connectivity index (χ0n) is 17.6. The van der Waals surface area contributed by atoms with Crippen LogP contribution in [0.1, 0.15) is 64.2 Å². The third-order valence-electron chi connectivity index (χ3n) is 4.92. The highest BCUT2D eigenvalue weighted by molar-refractivity contribution is 7.89. The van der Waals surface area contributed by atoms with Crippen molar-refractivity contribution in [2.75, 3.05) is 13.1 Å². The van der Waals surface area contributed by atoms with Crippen molar-refractivity contribution >= 4 is 15.9 Å². The lowest BCUT2D eigenvalue weighted by molar-refractivity contribution is -0.0440. The van der Waals surface area contributed by atoms with Crippen LogP contribution in [0.2, 0.25) is 0 Å². The number of sulfonamides is 1. The van der Waals surface area contributed by atoms with Gasteiger partial charge in [0.05, 0.1) is 17.1 Å². The average molecular weight is 411 g/mol. The van der Waals surface area contributed by atoms with Crippen LogP contribution >= 0.6 is 0 Å². The number of nitrogens with zero attached hydrogens (tertiary/aromatic N) is 1. The van der Waals surface area contributed by atoms with Gasteiger partial charge in [-0.2, -0.15) is 4.31 Å². The molecule has 7 heteroatoms. The molecular formula is C21H34N2O4S. The minimum Gasteiger partial charge on any atom is -0.373 e. The van der Waals surface area contributed by atoms with Gasteiger partial charge < -0.3 is 10.1 Å². The van der Waals surface area contributed by atoms with Gasteiger partial charge in [0.1, 0.15) is 0 Å². The predicted octanol–water partition coefficient (Wildman–Crippen LogP) is 3.43. The molecule has 1 aliphatic heterocycles. The first-order chi connectivity index (χ1) is 13.1. The van der Waals surface area contributed by atoms with Crippen molar-refractivity contribution in [1.82, 2.24) is 9.62 Å². The van der Waals surface area contributed by atoms with Crippen LogP contribution in [0.5, 0.6) is 0 Å². The first-order valence-electron chi connectivity index (χ1n) is 10.2. The van der Waals surface area contributed by atoms with Crippen LogP contribution in [0.3, 0.4) is 0 Å². The SMILES string of the molecule is CC(C)CCC[C@H](C)NC(=O)c1cccc(S(=O)(=O)N2C[C@@H](C)O[C@@H](C)C2)c1. The largest absolute Gasteiger partial charge is 0.373 e. The number of carbonyl (C=O) groups is 1. The zero-order chi connectivity index (χ0) is 20.9. The number of morpholine rings is 1. The minimum absolute atomic E-state index is 0.0486. The number of hydrogen-bond donors (Lipinski definition) is 1. The molecule has 1 heterocycles. The second-order valence-electron chi connectivity index (χ2n) is 8.31. The van der Waals surface area contributed by atoms with E-state index in [1.807, 2.05) is 20.8 Å². The molecule has 3 atom stereocenters. The van der Waals surface area contributed by atoms with E-state index in [4.69, 9.17) is 4.74 Å². The highest BCUT2D eigenvalue weighted by atomic mass is 32.2. The number of nitrogens with one attached hydrogen (secondary N) is 1. The van der Waals surface area contributed by atoms with Crippen molar-refractivity contribution in [3.63, 3.8) is 0 Å². The Kier molecular flexibility index (Phi) is 8.04. The highest BCUT2D eigenvalue weighted by Gasteiger charge is 2.32. The van der Waals surface area contributed by atoms with Crippen LogP contribution in [0.25, 0.3) is 0 Å². The Labute approximate surface area is 169 Å². The molecule has 0 unspecified atom stereocenters. The Morgan fingerprint density at radius 1 is 1.18 bits per heavy atom. The molecule has 158 valence electrons. The van der Waals surface area contributed by atoms with Crippen LogP contribution in [0, 0.1) is 5.92 Å². The van der Waals surface area contributed by atoms with Crippen molar-refractivity contribution in [2.24, 2.45) is 5.92 Å². The molecule has 0 spiro atoms. The molecule has 1 N–H and O–H groups in total. The second-order valence-corrected chi connectivity index (χ2v) is 10.2. The summed E-state index contributed by atoms with van der Waals surface area (Å²) in [4.78, 5) is 12.7. The molecule has 6 nitrogen and oxygen atoms in total. The summed E-state index contributed by atoms with van der Waals surface area (Å²) in [6, 6.07) is 6.34. The summed E-state index contributed by atoms with van der Waals surface area (Å²) in [6.45, 7) is 10.7. The van der Waals surface area contributed by atoms with E-state index < -0.39 is 10.0 Å². The van der Waals surface area contributed by atoms with Gasteiger partial charge in [0.2, 0.25) is 10.0 Å². The van der Waals surface area contributed by atoms with E-state index >= 15 is 0 Å². The lowest BCUT2D eigenvalue weighted by Crippen LogP contribution is -2.48. The number of ether oxygens (including phenoxy) is 1. The summed E-state index contributed by atoms with van der Waals surface area (Å²) < 4.78 is 33.1. The van der Waals surface area contributed by atoms with Gasteiger partial charge >= 0.3 is 0 Å². The van der Waals surface area contributed by atoms with Crippen LogP contribution in [0.4, 0.5) is 0 Å². The summed E-state index contributed by atoms with van der Waals surface area (Å²) in [7, 11) is -3.66. The molecule has 1 aromatic rings. The fourth-order valence-electron chi connectivity index (χ4n) is 3.49. The smallest absolute Gasteiger partial charge is 0.251 e. The van der Waals surface area contributed by atoms with Gasteiger partial charge in [-0.15, -0.1) is 0 Å². The fraction of sp³-hybridized carbons (Fsp3) is 0.667. The van der Waals surface area contributed by atoms with Crippen molar-refractivity contribution in [3.05, 3.63) is 29.8 Å². The van der Waals surface area contributed by atoms with Crippen molar-refractivity contribution < 1.29 is 17.9 Å². The lowest BCUT2D eigenvalue weighted by Gasteiger charge is -2.34. The Balaban J connectivity index is 2.07. The number of benzene rings is 1. The van der Waals surface area contributed by atoms with Crippen LogP contribution in [-0.4, -0.2) is 50.0 Å². The fourth-order valence-corrected chi connectivity index (χ4v) is 5.12. The second kappa shape index (κ2) is 9.85. The van der Waals surface area contributed by atoms with Gasteiger partial charge in [-0.1, -0.05) is 32.8 Å². The Hall–Kier alpha value is -1.44. The first kappa shape index (κ1) is 22.8. The number of amides is 1. The van der Waals surface area contributed by atoms with Gasteiger partial charge in [-0.3, -0.25) is 4.79 Å². The van der Waals surface area contributed by atoms with Gasteiger partial charge in [-0.05, 0) is 51.3 Å². The monoisotopic (exact) mass is 410 g/mol. The molecule has 1 fully saturated rings. The van der Waals surface area contributed by atoms with E-state index in [0.29, 0.717) is 24.6 Å². The molecule has 1 aromatic carbocycles. The van der Waals surface area contributed by atoms with Crippen molar-refractivity contribution in [1.29, 1.82) is 0 Å². The quantitative estimate of drug-likeness (QED) is 0.712. The molecule has 0 saturated carbocycles. The van der Waals surface area contributed by atoms with Crippen LogP contribution in [0.15, 0.2) is 29.2 Å². The summed E-state index contributed by atoms with van der Waals surface area (Å²) >= 11 is 0. The Morgan fingerprint density at radius 3 is 2.43 bits per heavy atom. The number of hydrogen-bond acceptors (Lipinski definition) is 4.